The molecule has 0 spiro atoms. The summed E-state index contributed by atoms with van der Waals surface area (Å²) in [6.45, 7) is 7.92. The van der Waals surface area contributed by atoms with Crippen LogP contribution in [0.2, 0.25) is 0 Å². The van der Waals surface area contributed by atoms with Gasteiger partial charge in [0.15, 0.2) is 0 Å². The van der Waals surface area contributed by atoms with Crippen LogP contribution < -0.4 is 5.69 Å². The van der Waals surface area contributed by atoms with Gasteiger partial charge < -0.3 is 0 Å². The van der Waals surface area contributed by atoms with E-state index in [1.807, 2.05) is 21.4 Å². The standard InChI is InChI=1S/C26H33N7O/c1-4-5-6-7-22-18-32(15-13-19(2)3)26(34)33(22)17-20-8-10-21(11-9-20)24-16-27-14-12-23(24)25-28-30-31-29-25/h8-12,14,16,18-19H,4-7,13,15,17H2,1-3H3,(H,28,29,30,31). The third-order valence-corrected chi connectivity index (χ3v) is 6.12. The number of benzene rings is 1. The molecule has 0 unspecified atom stereocenters. The van der Waals surface area contributed by atoms with Gasteiger partial charge in [-0.15, -0.1) is 10.2 Å². The van der Waals surface area contributed by atoms with E-state index >= 15 is 0 Å². The minimum atomic E-state index is 0.0860. The maximum atomic E-state index is 13.2. The van der Waals surface area contributed by atoms with Gasteiger partial charge in [-0.1, -0.05) is 57.9 Å². The third-order valence-electron chi connectivity index (χ3n) is 6.12. The molecule has 0 saturated carbocycles. The predicted octanol–water partition coefficient (Wildman–Crippen LogP) is 4.72. The highest BCUT2D eigenvalue weighted by Gasteiger charge is 2.14. The van der Waals surface area contributed by atoms with E-state index in [-0.39, 0.29) is 5.69 Å². The maximum absolute atomic E-state index is 13.2. The fraction of sp³-hybridized carbons (Fsp3) is 0.423. The first-order valence-electron chi connectivity index (χ1n) is 12.1. The van der Waals surface area contributed by atoms with Gasteiger partial charge in [-0.3, -0.25) is 14.1 Å². The summed E-state index contributed by atoms with van der Waals surface area (Å²) in [6, 6.07) is 10.2. The van der Waals surface area contributed by atoms with Gasteiger partial charge in [-0.2, -0.15) is 5.21 Å². The largest absolute Gasteiger partial charge is 0.328 e. The van der Waals surface area contributed by atoms with Crippen molar-refractivity contribution in [1.29, 1.82) is 0 Å². The van der Waals surface area contributed by atoms with Crippen LogP contribution in [0.15, 0.2) is 53.7 Å². The Morgan fingerprint density at radius 1 is 1.06 bits per heavy atom. The van der Waals surface area contributed by atoms with Gasteiger partial charge in [-0.25, -0.2) is 4.79 Å². The molecule has 8 nitrogen and oxygen atoms in total. The summed E-state index contributed by atoms with van der Waals surface area (Å²) in [5.41, 5.74) is 5.12. The zero-order valence-corrected chi connectivity index (χ0v) is 20.2. The molecule has 0 aliphatic rings. The number of aromatic nitrogens is 7. The van der Waals surface area contributed by atoms with Gasteiger partial charge in [-0.05, 0) is 47.6 Å². The molecule has 0 fully saturated rings. The highest BCUT2D eigenvalue weighted by Crippen LogP contribution is 2.29. The molecule has 3 heterocycles. The Morgan fingerprint density at radius 3 is 2.59 bits per heavy atom. The van der Waals surface area contributed by atoms with E-state index in [0.29, 0.717) is 18.3 Å². The van der Waals surface area contributed by atoms with Crippen LogP contribution in [0.5, 0.6) is 0 Å². The number of aryl methyl sites for hydroxylation is 2. The van der Waals surface area contributed by atoms with Crippen molar-refractivity contribution in [2.24, 2.45) is 5.92 Å². The second-order valence-electron chi connectivity index (χ2n) is 9.18. The molecule has 0 amide bonds. The average Bonchev–Trinajstić information content (AvgIpc) is 3.48. The highest BCUT2D eigenvalue weighted by atomic mass is 16.1. The highest BCUT2D eigenvalue weighted by molar-refractivity contribution is 5.79. The average molecular weight is 460 g/mol. The number of H-pyrrole nitrogens is 1. The van der Waals surface area contributed by atoms with E-state index in [4.69, 9.17) is 0 Å². The van der Waals surface area contributed by atoms with Crippen LogP contribution in [0.25, 0.3) is 22.5 Å². The van der Waals surface area contributed by atoms with Crippen molar-refractivity contribution in [2.75, 3.05) is 0 Å². The van der Waals surface area contributed by atoms with E-state index in [2.05, 4.69) is 76.8 Å². The van der Waals surface area contributed by atoms with Crippen molar-refractivity contribution >= 4 is 0 Å². The lowest BCUT2D eigenvalue weighted by Gasteiger charge is -2.10. The van der Waals surface area contributed by atoms with Crippen molar-refractivity contribution in [1.82, 2.24) is 34.7 Å². The van der Waals surface area contributed by atoms with Crippen molar-refractivity contribution in [3.8, 4) is 22.5 Å². The van der Waals surface area contributed by atoms with Crippen LogP contribution in [-0.4, -0.2) is 34.7 Å². The summed E-state index contributed by atoms with van der Waals surface area (Å²) in [6.07, 6.45) is 11.0. The molecular weight excluding hydrogens is 426 g/mol. The topological polar surface area (TPSA) is 94.3 Å². The van der Waals surface area contributed by atoms with E-state index in [1.165, 1.54) is 12.8 Å². The van der Waals surface area contributed by atoms with Crippen LogP contribution in [0.3, 0.4) is 0 Å². The van der Waals surface area contributed by atoms with Gasteiger partial charge in [0.05, 0.1) is 6.54 Å². The molecule has 3 aromatic heterocycles. The summed E-state index contributed by atoms with van der Waals surface area (Å²) in [5.74, 6) is 1.10. The molecule has 1 N–H and O–H groups in total. The van der Waals surface area contributed by atoms with Gasteiger partial charge in [0.2, 0.25) is 5.82 Å². The first-order valence-corrected chi connectivity index (χ1v) is 12.1. The quantitative estimate of drug-likeness (QED) is 0.328. The fourth-order valence-electron chi connectivity index (χ4n) is 4.13. The number of hydrogen-bond acceptors (Lipinski definition) is 5. The zero-order chi connectivity index (χ0) is 23.9. The first kappa shape index (κ1) is 23.6. The summed E-state index contributed by atoms with van der Waals surface area (Å²) in [5, 5.41) is 14.4. The number of hydrogen-bond donors (Lipinski definition) is 1. The summed E-state index contributed by atoms with van der Waals surface area (Å²) < 4.78 is 3.84. The Bertz CT molecular complexity index is 1240. The predicted molar refractivity (Wildman–Crippen MR) is 133 cm³/mol. The number of imidazole rings is 1. The Morgan fingerprint density at radius 2 is 1.88 bits per heavy atom. The molecule has 0 radical (unpaired) electrons. The van der Waals surface area contributed by atoms with Gasteiger partial charge in [0.25, 0.3) is 0 Å². The molecule has 0 bridgehead atoms. The van der Waals surface area contributed by atoms with Crippen molar-refractivity contribution < 1.29 is 0 Å². The maximum Gasteiger partial charge on any atom is 0.328 e. The van der Waals surface area contributed by atoms with E-state index in [1.54, 1.807) is 6.20 Å². The second kappa shape index (κ2) is 11.0. The number of nitrogens with one attached hydrogen (secondary N) is 1. The molecule has 8 heteroatoms. The smallest absolute Gasteiger partial charge is 0.299 e. The second-order valence-corrected chi connectivity index (χ2v) is 9.18. The van der Waals surface area contributed by atoms with Gasteiger partial charge >= 0.3 is 5.69 Å². The molecular formula is C26H33N7O. The van der Waals surface area contributed by atoms with Crippen LogP contribution >= 0.6 is 0 Å². The van der Waals surface area contributed by atoms with Crippen molar-refractivity contribution in [3.63, 3.8) is 0 Å². The van der Waals surface area contributed by atoms with E-state index < -0.39 is 0 Å². The molecule has 0 aliphatic carbocycles. The van der Waals surface area contributed by atoms with E-state index in [9.17, 15) is 4.79 Å². The lowest BCUT2D eigenvalue weighted by atomic mass is 10.0. The van der Waals surface area contributed by atoms with E-state index in [0.717, 1.165) is 53.8 Å². The molecule has 1 aromatic carbocycles. The van der Waals surface area contributed by atoms with Crippen LogP contribution in [0, 0.1) is 5.92 Å². The number of rotatable bonds is 11. The lowest BCUT2D eigenvalue weighted by Crippen LogP contribution is -2.26. The van der Waals surface area contributed by atoms with Gasteiger partial charge in [0.1, 0.15) is 0 Å². The van der Waals surface area contributed by atoms with Crippen LogP contribution in [0.1, 0.15) is 57.7 Å². The molecule has 0 atom stereocenters. The molecule has 178 valence electrons. The van der Waals surface area contributed by atoms with Crippen LogP contribution in [0.4, 0.5) is 0 Å². The first-order chi connectivity index (χ1) is 16.6. The Balaban J connectivity index is 1.58. The minimum Gasteiger partial charge on any atom is -0.299 e. The fourth-order valence-corrected chi connectivity index (χ4v) is 4.13. The molecule has 0 aliphatic heterocycles. The molecule has 34 heavy (non-hydrogen) atoms. The third kappa shape index (κ3) is 5.50. The molecule has 4 aromatic rings. The Labute approximate surface area is 200 Å². The molecule has 0 saturated heterocycles. The summed E-state index contributed by atoms with van der Waals surface area (Å²) in [7, 11) is 0. The van der Waals surface area contributed by atoms with Gasteiger partial charge in [0, 0.05) is 42.0 Å². The van der Waals surface area contributed by atoms with Crippen molar-refractivity contribution in [2.45, 2.75) is 66.0 Å². The lowest BCUT2D eigenvalue weighted by molar-refractivity contribution is 0.502. The summed E-state index contributed by atoms with van der Waals surface area (Å²) in [4.78, 5) is 17.5. The van der Waals surface area contributed by atoms with Crippen LogP contribution in [-0.2, 0) is 19.5 Å². The monoisotopic (exact) mass is 459 g/mol. The number of nitrogens with zero attached hydrogens (tertiary/aromatic N) is 6. The number of pyridine rings is 1. The van der Waals surface area contributed by atoms with Crippen molar-refractivity contribution in [3.05, 3.63) is 70.7 Å². The normalized spacial score (nSPS) is 11.4. The minimum absolute atomic E-state index is 0.0860. The SMILES string of the molecule is CCCCCc1cn(CCC(C)C)c(=O)n1Cc1ccc(-c2cnccc2-c2nn[nH]n2)cc1. The number of tetrazole rings is 1. The zero-order valence-electron chi connectivity index (χ0n) is 20.2. The number of aromatic amines is 1. The summed E-state index contributed by atoms with van der Waals surface area (Å²) >= 11 is 0. The molecule has 4 rings (SSSR count). The Kier molecular flexibility index (Phi) is 7.67. The number of unbranched alkanes of at least 4 members (excludes halogenated alkanes) is 2. The Hall–Kier alpha value is -3.55.